The van der Waals surface area contributed by atoms with Gasteiger partial charge in [0, 0.05) is 22.5 Å². The maximum absolute atomic E-state index is 12.7. The summed E-state index contributed by atoms with van der Waals surface area (Å²) in [7, 11) is 1.59. The SMILES string of the molecule is COc1cccc(NC(=O)c2sc3nc4cc(C)ccc4cc3c2N)c1. The number of methoxy groups -OCH3 is 1. The zero-order valence-electron chi connectivity index (χ0n) is 14.4. The van der Waals surface area contributed by atoms with Crippen molar-refractivity contribution in [2.45, 2.75) is 6.92 Å². The number of carbonyl (C=O) groups excluding carboxylic acids is 1. The molecule has 0 saturated carbocycles. The molecule has 4 aromatic rings. The number of carbonyl (C=O) groups is 1. The monoisotopic (exact) mass is 363 g/mol. The summed E-state index contributed by atoms with van der Waals surface area (Å²) in [5.74, 6) is 0.425. The number of benzene rings is 2. The molecule has 0 atom stereocenters. The highest BCUT2D eigenvalue weighted by atomic mass is 32.1. The number of pyridine rings is 1. The lowest BCUT2D eigenvalue weighted by molar-refractivity contribution is 0.103. The molecule has 0 radical (unpaired) electrons. The Bertz CT molecular complexity index is 1150. The second kappa shape index (κ2) is 6.31. The smallest absolute Gasteiger partial charge is 0.267 e. The van der Waals surface area contributed by atoms with Gasteiger partial charge in [-0.25, -0.2) is 4.98 Å². The number of aryl methyl sites for hydroxylation is 1. The quantitative estimate of drug-likeness (QED) is 0.558. The van der Waals surface area contributed by atoms with Crippen LogP contribution in [-0.4, -0.2) is 18.0 Å². The Morgan fingerprint density at radius 2 is 2.04 bits per heavy atom. The van der Waals surface area contributed by atoms with Gasteiger partial charge in [0.1, 0.15) is 15.5 Å². The Labute approximate surface area is 154 Å². The third-order valence-electron chi connectivity index (χ3n) is 4.21. The van der Waals surface area contributed by atoms with E-state index in [1.165, 1.54) is 11.3 Å². The normalized spacial score (nSPS) is 11.0. The number of nitrogens with two attached hydrogens (primary N) is 1. The van der Waals surface area contributed by atoms with Crippen LogP contribution >= 0.6 is 11.3 Å². The first-order valence-electron chi connectivity index (χ1n) is 8.10. The first-order chi connectivity index (χ1) is 12.5. The summed E-state index contributed by atoms with van der Waals surface area (Å²) in [4.78, 5) is 18.6. The molecule has 3 N–H and O–H groups in total. The van der Waals surface area contributed by atoms with Crippen LogP contribution in [0.2, 0.25) is 0 Å². The predicted octanol–water partition coefficient (Wildman–Crippen LogP) is 4.60. The minimum Gasteiger partial charge on any atom is -0.497 e. The molecule has 0 bridgehead atoms. The first-order valence-corrected chi connectivity index (χ1v) is 8.91. The molecule has 6 heteroatoms. The summed E-state index contributed by atoms with van der Waals surface area (Å²) in [6.07, 6.45) is 0. The Hall–Kier alpha value is -3.12. The van der Waals surface area contributed by atoms with E-state index in [4.69, 9.17) is 10.5 Å². The highest BCUT2D eigenvalue weighted by molar-refractivity contribution is 7.21. The zero-order valence-corrected chi connectivity index (χ0v) is 15.2. The maximum Gasteiger partial charge on any atom is 0.267 e. The Morgan fingerprint density at radius 3 is 2.85 bits per heavy atom. The Balaban J connectivity index is 1.74. The van der Waals surface area contributed by atoms with Gasteiger partial charge < -0.3 is 15.8 Å². The van der Waals surface area contributed by atoms with Crippen molar-refractivity contribution in [2.75, 3.05) is 18.2 Å². The van der Waals surface area contributed by atoms with E-state index in [0.717, 1.165) is 26.7 Å². The molecule has 5 nitrogen and oxygen atoms in total. The van der Waals surface area contributed by atoms with Crippen LogP contribution in [-0.2, 0) is 0 Å². The largest absolute Gasteiger partial charge is 0.497 e. The van der Waals surface area contributed by atoms with Crippen LogP contribution in [0.15, 0.2) is 48.5 Å². The van der Waals surface area contributed by atoms with Gasteiger partial charge in [-0.2, -0.15) is 0 Å². The lowest BCUT2D eigenvalue weighted by Crippen LogP contribution is -2.11. The molecule has 0 spiro atoms. The topological polar surface area (TPSA) is 77.2 Å². The van der Waals surface area contributed by atoms with Crippen LogP contribution in [0.25, 0.3) is 21.1 Å². The molecule has 0 unspecified atom stereocenters. The van der Waals surface area contributed by atoms with Gasteiger partial charge in [0.15, 0.2) is 0 Å². The van der Waals surface area contributed by atoms with Crippen LogP contribution in [0.3, 0.4) is 0 Å². The number of thiophene rings is 1. The minimum atomic E-state index is -0.251. The van der Waals surface area contributed by atoms with E-state index in [2.05, 4.69) is 10.3 Å². The number of ether oxygens (including phenoxy) is 1. The fourth-order valence-corrected chi connectivity index (χ4v) is 3.84. The lowest BCUT2D eigenvalue weighted by atomic mass is 10.1. The van der Waals surface area contributed by atoms with Gasteiger partial charge in [-0.05, 0) is 36.8 Å². The number of nitrogen functional groups attached to an aromatic ring is 1. The zero-order chi connectivity index (χ0) is 18.3. The number of fused-ring (bicyclic) bond motifs is 2. The molecule has 2 aromatic carbocycles. The van der Waals surface area contributed by atoms with Gasteiger partial charge in [-0.15, -0.1) is 11.3 Å². The summed E-state index contributed by atoms with van der Waals surface area (Å²) in [6, 6.07) is 15.3. The second-order valence-corrected chi connectivity index (χ2v) is 7.07. The van der Waals surface area contributed by atoms with E-state index in [9.17, 15) is 4.79 Å². The average Bonchev–Trinajstić information content (AvgIpc) is 2.96. The van der Waals surface area contributed by atoms with Crippen molar-refractivity contribution in [3.05, 3.63) is 59.0 Å². The molecule has 0 aliphatic carbocycles. The number of rotatable bonds is 3. The summed E-state index contributed by atoms with van der Waals surface area (Å²) in [5, 5.41) is 4.68. The van der Waals surface area contributed by atoms with E-state index in [1.807, 2.05) is 43.3 Å². The highest BCUT2D eigenvalue weighted by Crippen LogP contribution is 2.35. The van der Waals surface area contributed by atoms with Crippen molar-refractivity contribution in [1.29, 1.82) is 0 Å². The van der Waals surface area contributed by atoms with Crippen LogP contribution < -0.4 is 15.8 Å². The molecule has 2 aromatic heterocycles. The molecule has 0 fully saturated rings. The maximum atomic E-state index is 12.7. The van der Waals surface area contributed by atoms with Crippen molar-refractivity contribution < 1.29 is 9.53 Å². The van der Waals surface area contributed by atoms with Crippen molar-refractivity contribution in [3.8, 4) is 5.75 Å². The van der Waals surface area contributed by atoms with Gasteiger partial charge in [0.2, 0.25) is 0 Å². The fraction of sp³-hybridized carbons (Fsp3) is 0.100. The van der Waals surface area contributed by atoms with Gasteiger partial charge in [0.25, 0.3) is 5.91 Å². The van der Waals surface area contributed by atoms with Crippen molar-refractivity contribution in [1.82, 2.24) is 4.98 Å². The summed E-state index contributed by atoms with van der Waals surface area (Å²) >= 11 is 1.30. The molecule has 26 heavy (non-hydrogen) atoms. The highest BCUT2D eigenvalue weighted by Gasteiger charge is 2.18. The fourth-order valence-electron chi connectivity index (χ4n) is 2.86. The Kier molecular flexibility index (Phi) is 3.97. The lowest BCUT2D eigenvalue weighted by Gasteiger charge is -2.06. The van der Waals surface area contributed by atoms with E-state index in [-0.39, 0.29) is 5.91 Å². The van der Waals surface area contributed by atoms with Gasteiger partial charge in [-0.3, -0.25) is 4.79 Å². The summed E-state index contributed by atoms with van der Waals surface area (Å²) in [5.41, 5.74) is 9.41. The number of nitrogens with zero attached hydrogens (tertiary/aromatic N) is 1. The third kappa shape index (κ3) is 2.84. The van der Waals surface area contributed by atoms with Crippen LogP contribution in [0, 0.1) is 6.92 Å². The van der Waals surface area contributed by atoms with Crippen molar-refractivity contribution in [2.24, 2.45) is 0 Å². The predicted molar refractivity (Wildman–Crippen MR) is 107 cm³/mol. The van der Waals surface area contributed by atoms with E-state index in [0.29, 0.717) is 22.0 Å². The number of nitrogens with one attached hydrogen (secondary N) is 1. The van der Waals surface area contributed by atoms with Crippen molar-refractivity contribution >= 4 is 49.7 Å². The van der Waals surface area contributed by atoms with Gasteiger partial charge in [-0.1, -0.05) is 18.2 Å². The molecule has 0 aliphatic rings. The van der Waals surface area contributed by atoms with E-state index < -0.39 is 0 Å². The van der Waals surface area contributed by atoms with E-state index >= 15 is 0 Å². The van der Waals surface area contributed by atoms with Crippen LogP contribution in [0.5, 0.6) is 5.75 Å². The van der Waals surface area contributed by atoms with E-state index in [1.54, 1.807) is 19.2 Å². The molecular formula is C20H17N3O2S. The van der Waals surface area contributed by atoms with Gasteiger partial charge >= 0.3 is 0 Å². The standard InChI is InChI=1S/C20H17N3O2S/c1-11-6-7-12-9-15-17(21)18(26-20(15)23-16(12)8-11)19(24)22-13-4-3-5-14(10-13)25-2/h3-10H,21H2,1-2H3,(H,22,24). The third-order valence-corrected chi connectivity index (χ3v) is 5.32. The summed E-state index contributed by atoms with van der Waals surface area (Å²) < 4.78 is 5.18. The van der Waals surface area contributed by atoms with Crippen molar-refractivity contribution in [3.63, 3.8) is 0 Å². The molecular weight excluding hydrogens is 346 g/mol. The number of anilines is 2. The van der Waals surface area contributed by atoms with Gasteiger partial charge in [0.05, 0.1) is 18.3 Å². The number of amides is 1. The number of hydrogen-bond acceptors (Lipinski definition) is 5. The molecule has 0 saturated heterocycles. The molecule has 130 valence electrons. The second-order valence-electron chi connectivity index (χ2n) is 6.07. The van der Waals surface area contributed by atoms with Crippen LogP contribution in [0.4, 0.5) is 11.4 Å². The number of aromatic nitrogens is 1. The Morgan fingerprint density at radius 1 is 1.19 bits per heavy atom. The molecule has 4 rings (SSSR count). The summed E-state index contributed by atoms with van der Waals surface area (Å²) in [6.45, 7) is 2.03. The molecule has 2 heterocycles. The minimum absolute atomic E-state index is 0.251. The molecule has 1 amide bonds. The average molecular weight is 363 g/mol. The number of hydrogen-bond donors (Lipinski definition) is 2. The first kappa shape index (κ1) is 16.4. The van der Waals surface area contributed by atoms with Crippen LogP contribution in [0.1, 0.15) is 15.2 Å². The molecule has 0 aliphatic heterocycles.